The maximum Gasteiger partial charge on any atom is 0.0643 e. The molecule has 0 aliphatic carbocycles. The van der Waals surface area contributed by atoms with E-state index >= 15 is 0 Å². The second-order valence-electron chi connectivity index (χ2n) is 4.20. The topological polar surface area (TPSA) is 38.0 Å². The standard InChI is InChI=1S/C14H15ClN2/c1-9-3-5-13(11(15)7-9)17-14-6-4-10(2)8-12(14)16/h3-8,17H,16H2,1-2H3. The molecule has 0 bridgehead atoms. The van der Waals surface area contributed by atoms with Crippen LogP contribution in [-0.2, 0) is 0 Å². The van der Waals surface area contributed by atoms with Crippen molar-refractivity contribution in [2.24, 2.45) is 0 Å². The zero-order valence-electron chi connectivity index (χ0n) is 9.92. The van der Waals surface area contributed by atoms with Crippen LogP contribution in [0.15, 0.2) is 36.4 Å². The number of nitrogens with two attached hydrogens (primary N) is 1. The quantitative estimate of drug-likeness (QED) is 0.776. The summed E-state index contributed by atoms with van der Waals surface area (Å²) < 4.78 is 0. The monoisotopic (exact) mass is 246 g/mol. The summed E-state index contributed by atoms with van der Waals surface area (Å²) >= 11 is 6.16. The van der Waals surface area contributed by atoms with Crippen LogP contribution in [0.1, 0.15) is 11.1 Å². The predicted molar refractivity (Wildman–Crippen MR) is 75.1 cm³/mol. The first-order valence-electron chi connectivity index (χ1n) is 5.45. The first kappa shape index (κ1) is 11.8. The van der Waals surface area contributed by atoms with Gasteiger partial charge in [0.2, 0.25) is 0 Å². The average Bonchev–Trinajstić information content (AvgIpc) is 2.25. The van der Waals surface area contributed by atoms with Crippen molar-refractivity contribution in [2.45, 2.75) is 13.8 Å². The zero-order valence-corrected chi connectivity index (χ0v) is 10.7. The molecule has 2 nitrogen and oxygen atoms in total. The molecule has 0 saturated heterocycles. The van der Waals surface area contributed by atoms with Crippen molar-refractivity contribution in [1.82, 2.24) is 0 Å². The number of halogens is 1. The zero-order chi connectivity index (χ0) is 12.4. The van der Waals surface area contributed by atoms with Crippen LogP contribution in [0, 0.1) is 13.8 Å². The second-order valence-corrected chi connectivity index (χ2v) is 4.61. The summed E-state index contributed by atoms with van der Waals surface area (Å²) in [5.74, 6) is 0. The molecule has 0 saturated carbocycles. The Kier molecular flexibility index (Phi) is 3.25. The molecular formula is C14H15ClN2. The third-order valence-electron chi connectivity index (χ3n) is 2.60. The molecule has 3 heteroatoms. The molecule has 88 valence electrons. The molecule has 2 aromatic carbocycles. The van der Waals surface area contributed by atoms with Crippen LogP contribution in [-0.4, -0.2) is 0 Å². The van der Waals surface area contributed by atoms with E-state index in [9.17, 15) is 0 Å². The molecule has 2 rings (SSSR count). The van der Waals surface area contributed by atoms with Crippen molar-refractivity contribution in [2.75, 3.05) is 11.1 Å². The van der Waals surface area contributed by atoms with Crippen LogP contribution in [0.3, 0.4) is 0 Å². The third kappa shape index (κ3) is 2.71. The number of nitrogen functional groups attached to an aromatic ring is 1. The predicted octanol–water partition coefficient (Wildman–Crippen LogP) is 4.28. The lowest BCUT2D eigenvalue weighted by Crippen LogP contribution is -1.97. The van der Waals surface area contributed by atoms with Crippen molar-refractivity contribution in [3.05, 3.63) is 52.5 Å². The summed E-state index contributed by atoms with van der Waals surface area (Å²) in [6.45, 7) is 4.02. The molecule has 0 atom stereocenters. The van der Waals surface area contributed by atoms with Gasteiger partial charge in [-0.2, -0.15) is 0 Å². The maximum absolute atomic E-state index is 6.16. The van der Waals surface area contributed by atoms with Gasteiger partial charge >= 0.3 is 0 Å². The highest BCUT2D eigenvalue weighted by atomic mass is 35.5. The van der Waals surface area contributed by atoms with E-state index in [0.29, 0.717) is 5.02 Å². The lowest BCUT2D eigenvalue weighted by Gasteiger charge is -2.11. The highest BCUT2D eigenvalue weighted by molar-refractivity contribution is 6.33. The Morgan fingerprint density at radius 3 is 2.12 bits per heavy atom. The van der Waals surface area contributed by atoms with E-state index in [2.05, 4.69) is 5.32 Å². The van der Waals surface area contributed by atoms with Gasteiger partial charge in [-0.05, 0) is 49.2 Å². The second kappa shape index (κ2) is 4.68. The molecule has 0 spiro atoms. The SMILES string of the molecule is Cc1ccc(Nc2ccc(C)cc2Cl)c(N)c1. The summed E-state index contributed by atoms with van der Waals surface area (Å²) in [6.07, 6.45) is 0. The molecule has 0 aliphatic heterocycles. The summed E-state index contributed by atoms with van der Waals surface area (Å²) in [5, 5.41) is 3.94. The highest BCUT2D eigenvalue weighted by Crippen LogP contribution is 2.29. The fourth-order valence-corrected chi connectivity index (χ4v) is 1.94. The Labute approximate surface area is 106 Å². The third-order valence-corrected chi connectivity index (χ3v) is 2.91. The van der Waals surface area contributed by atoms with Crippen LogP contribution in [0.4, 0.5) is 17.1 Å². The van der Waals surface area contributed by atoms with Gasteiger partial charge in [-0.1, -0.05) is 23.7 Å². The Morgan fingerprint density at radius 2 is 1.53 bits per heavy atom. The molecule has 0 radical (unpaired) electrons. The molecule has 0 aromatic heterocycles. The largest absolute Gasteiger partial charge is 0.397 e. The number of rotatable bonds is 2. The number of anilines is 3. The van der Waals surface area contributed by atoms with Gasteiger partial charge < -0.3 is 11.1 Å². The summed E-state index contributed by atoms with van der Waals surface area (Å²) in [6, 6.07) is 11.8. The van der Waals surface area contributed by atoms with Gasteiger partial charge in [0, 0.05) is 0 Å². The fraction of sp³-hybridized carbons (Fsp3) is 0.143. The number of hydrogen-bond donors (Lipinski definition) is 2. The maximum atomic E-state index is 6.16. The minimum Gasteiger partial charge on any atom is -0.397 e. The fourth-order valence-electron chi connectivity index (χ4n) is 1.66. The first-order chi connectivity index (χ1) is 8.06. The first-order valence-corrected chi connectivity index (χ1v) is 5.83. The summed E-state index contributed by atoms with van der Waals surface area (Å²) in [4.78, 5) is 0. The average molecular weight is 247 g/mol. The van der Waals surface area contributed by atoms with Gasteiger partial charge in [-0.15, -0.1) is 0 Å². The van der Waals surface area contributed by atoms with Crippen molar-refractivity contribution in [3.63, 3.8) is 0 Å². The van der Waals surface area contributed by atoms with Gasteiger partial charge in [0.25, 0.3) is 0 Å². The van der Waals surface area contributed by atoms with Crippen LogP contribution >= 0.6 is 11.6 Å². The lowest BCUT2D eigenvalue weighted by molar-refractivity contribution is 1.43. The smallest absolute Gasteiger partial charge is 0.0643 e. The van der Waals surface area contributed by atoms with E-state index < -0.39 is 0 Å². The molecule has 0 aliphatic rings. The molecule has 0 unspecified atom stereocenters. The highest BCUT2D eigenvalue weighted by Gasteiger charge is 2.03. The van der Waals surface area contributed by atoms with Gasteiger partial charge in [0.05, 0.1) is 22.1 Å². The van der Waals surface area contributed by atoms with Crippen LogP contribution in [0.5, 0.6) is 0 Å². The van der Waals surface area contributed by atoms with E-state index in [4.69, 9.17) is 17.3 Å². The van der Waals surface area contributed by atoms with Crippen molar-refractivity contribution < 1.29 is 0 Å². The minimum atomic E-state index is 0.699. The number of nitrogens with one attached hydrogen (secondary N) is 1. The lowest BCUT2D eigenvalue weighted by atomic mass is 10.1. The molecule has 17 heavy (non-hydrogen) atoms. The Bertz CT molecular complexity index is 500. The number of hydrogen-bond acceptors (Lipinski definition) is 2. The van der Waals surface area contributed by atoms with Gasteiger partial charge in [0.15, 0.2) is 0 Å². The Morgan fingerprint density at radius 1 is 0.941 bits per heavy atom. The van der Waals surface area contributed by atoms with Gasteiger partial charge in [-0.3, -0.25) is 0 Å². The normalized spacial score (nSPS) is 10.3. The summed E-state index contributed by atoms with van der Waals surface area (Å²) in [7, 11) is 0. The van der Waals surface area contributed by atoms with Crippen molar-refractivity contribution in [3.8, 4) is 0 Å². The van der Waals surface area contributed by atoms with E-state index in [1.165, 1.54) is 0 Å². The minimum absolute atomic E-state index is 0.699. The van der Waals surface area contributed by atoms with Crippen molar-refractivity contribution in [1.29, 1.82) is 0 Å². The Hall–Kier alpha value is -1.67. The van der Waals surface area contributed by atoms with E-state index in [1.54, 1.807) is 0 Å². The number of aryl methyl sites for hydroxylation is 2. The van der Waals surface area contributed by atoms with E-state index in [1.807, 2.05) is 50.2 Å². The number of benzene rings is 2. The molecule has 0 fully saturated rings. The van der Waals surface area contributed by atoms with E-state index in [0.717, 1.165) is 28.2 Å². The molecule has 0 amide bonds. The Balaban J connectivity index is 2.31. The molecular weight excluding hydrogens is 232 g/mol. The van der Waals surface area contributed by atoms with Gasteiger partial charge in [-0.25, -0.2) is 0 Å². The van der Waals surface area contributed by atoms with Crippen LogP contribution in [0.2, 0.25) is 5.02 Å². The molecule has 0 heterocycles. The van der Waals surface area contributed by atoms with E-state index in [-0.39, 0.29) is 0 Å². The molecule has 3 N–H and O–H groups in total. The van der Waals surface area contributed by atoms with Crippen LogP contribution < -0.4 is 11.1 Å². The molecule has 2 aromatic rings. The summed E-state index contributed by atoms with van der Waals surface area (Å²) in [5.41, 5.74) is 10.7. The van der Waals surface area contributed by atoms with Gasteiger partial charge in [0.1, 0.15) is 0 Å². The van der Waals surface area contributed by atoms with Crippen molar-refractivity contribution >= 4 is 28.7 Å². The van der Waals surface area contributed by atoms with Crippen LogP contribution in [0.25, 0.3) is 0 Å².